The summed E-state index contributed by atoms with van der Waals surface area (Å²) in [6.45, 7) is 7.14. The Bertz CT molecular complexity index is 1820. The SMILES string of the molecule is BC(B)(n1c(=O)c(=O)n(-c2c(C)ccnc2C(C)C)c2nc(-c3c(F)ccc(C)c3O)c(Cl)cc21)C1(F)CNC1. The first-order valence-corrected chi connectivity index (χ1v) is 13.3. The van der Waals surface area contributed by atoms with E-state index in [-0.39, 0.29) is 52.2 Å². The third-order valence-electron chi connectivity index (χ3n) is 7.93. The van der Waals surface area contributed by atoms with E-state index >= 15 is 8.78 Å². The highest BCUT2D eigenvalue weighted by atomic mass is 35.5. The number of nitrogens with zero attached hydrogens (tertiary/aromatic N) is 4. The van der Waals surface area contributed by atoms with Gasteiger partial charge in [-0.05, 0) is 49.1 Å². The lowest BCUT2D eigenvalue weighted by Gasteiger charge is -2.48. The number of aryl methyl sites for hydroxylation is 2. The quantitative estimate of drug-likeness (QED) is 0.284. The maximum absolute atomic E-state index is 16.0. The molecule has 0 bridgehead atoms. The van der Waals surface area contributed by atoms with Gasteiger partial charge in [0.05, 0.1) is 33.2 Å². The first-order chi connectivity index (χ1) is 18.7. The Kier molecular flexibility index (Phi) is 6.70. The van der Waals surface area contributed by atoms with Gasteiger partial charge in [0, 0.05) is 24.6 Å². The van der Waals surface area contributed by atoms with Gasteiger partial charge in [0.15, 0.2) is 5.65 Å². The van der Waals surface area contributed by atoms with Crippen LogP contribution in [0.5, 0.6) is 5.75 Å². The number of phenols is 1. The molecule has 0 aliphatic carbocycles. The zero-order valence-corrected chi connectivity index (χ0v) is 23.8. The summed E-state index contributed by atoms with van der Waals surface area (Å²) in [5.41, 5.74) is -2.20. The van der Waals surface area contributed by atoms with Gasteiger partial charge >= 0.3 is 11.1 Å². The molecule has 1 aliphatic heterocycles. The Morgan fingerprint density at radius 2 is 1.82 bits per heavy atom. The number of rotatable bonds is 5. The van der Waals surface area contributed by atoms with Gasteiger partial charge in [-0.3, -0.25) is 19.1 Å². The number of hydrogen-bond donors (Lipinski definition) is 2. The molecule has 4 aromatic rings. The fraction of sp³-hybridized carbons (Fsp3) is 0.333. The molecule has 40 heavy (non-hydrogen) atoms. The molecule has 0 amide bonds. The second-order valence-corrected chi connectivity index (χ2v) is 11.6. The molecule has 1 fully saturated rings. The van der Waals surface area contributed by atoms with Crippen molar-refractivity contribution < 1.29 is 13.9 Å². The van der Waals surface area contributed by atoms with E-state index in [2.05, 4.69) is 15.3 Å². The van der Waals surface area contributed by atoms with E-state index < -0.39 is 27.9 Å². The maximum atomic E-state index is 16.0. The van der Waals surface area contributed by atoms with Crippen LogP contribution in [0.2, 0.25) is 5.02 Å². The van der Waals surface area contributed by atoms with Crippen molar-refractivity contribution in [3.8, 4) is 22.7 Å². The fourth-order valence-electron chi connectivity index (χ4n) is 5.29. The highest BCUT2D eigenvalue weighted by Gasteiger charge is 2.52. The number of fused-ring (bicyclic) bond motifs is 1. The predicted molar refractivity (Wildman–Crippen MR) is 157 cm³/mol. The zero-order valence-electron chi connectivity index (χ0n) is 23.1. The molecule has 4 heterocycles. The number of alkyl halides is 1. The highest BCUT2D eigenvalue weighted by molar-refractivity contribution is 6.39. The van der Waals surface area contributed by atoms with Crippen molar-refractivity contribution in [2.24, 2.45) is 0 Å². The standard InChI is InChI=1S/C27H28B2ClF2N5O3/c1-12(2)19-21(13(3)7-8-34-19)36-23-17(37(25(40)24(36)39)27(28,29)26(32)10-33-11-26)9-15(30)20(35-23)18-16(31)6-5-14(4)22(18)38/h5-9,12,33,38H,10-11,28-29H2,1-4H3. The van der Waals surface area contributed by atoms with Gasteiger partial charge in [0.2, 0.25) is 0 Å². The van der Waals surface area contributed by atoms with Crippen molar-refractivity contribution in [3.05, 3.63) is 78.8 Å². The lowest BCUT2D eigenvalue weighted by molar-refractivity contribution is 0.0435. The molecule has 1 saturated heterocycles. The normalized spacial score (nSPS) is 15.0. The third kappa shape index (κ3) is 3.99. The van der Waals surface area contributed by atoms with Gasteiger partial charge < -0.3 is 15.0 Å². The molecule has 0 unspecified atom stereocenters. The Balaban J connectivity index is 2.02. The smallest absolute Gasteiger partial charge is 0.322 e. The average molecular weight is 566 g/mol. The summed E-state index contributed by atoms with van der Waals surface area (Å²) in [7, 11) is 3.09. The number of benzene rings is 1. The molecule has 0 atom stereocenters. The van der Waals surface area contributed by atoms with E-state index in [9.17, 15) is 14.7 Å². The van der Waals surface area contributed by atoms with Gasteiger partial charge in [-0.15, -0.1) is 0 Å². The van der Waals surface area contributed by atoms with Crippen LogP contribution >= 0.6 is 11.6 Å². The molecule has 5 rings (SSSR count). The van der Waals surface area contributed by atoms with Crippen molar-refractivity contribution in [1.82, 2.24) is 24.4 Å². The summed E-state index contributed by atoms with van der Waals surface area (Å²) in [6, 6.07) is 5.67. The summed E-state index contributed by atoms with van der Waals surface area (Å²) < 4.78 is 33.4. The molecule has 206 valence electrons. The molecule has 3 aromatic heterocycles. The van der Waals surface area contributed by atoms with Crippen LogP contribution in [0.4, 0.5) is 8.78 Å². The highest BCUT2D eigenvalue weighted by Crippen LogP contribution is 2.40. The minimum Gasteiger partial charge on any atom is -0.507 e. The zero-order chi connectivity index (χ0) is 29.3. The van der Waals surface area contributed by atoms with E-state index in [0.29, 0.717) is 22.5 Å². The average Bonchev–Trinajstić information content (AvgIpc) is 2.86. The molecule has 1 aliphatic rings. The second kappa shape index (κ2) is 9.55. The Hall–Kier alpha value is -3.50. The fourth-order valence-corrected chi connectivity index (χ4v) is 5.53. The summed E-state index contributed by atoms with van der Waals surface area (Å²) in [6.07, 6.45) is 1.61. The van der Waals surface area contributed by atoms with Crippen LogP contribution in [0.3, 0.4) is 0 Å². The van der Waals surface area contributed by atoms with Gasteiger partial charge in [-0.25, -0.2) is 13.8 Å². The van der Waals surface area contributed by atoms with Crippen molar-refractivity contribution in [1.29, 1.82) is 0 Å². The van der Waals surface area contributed by atoms with Crippen molar-refractivity contribution in [2.45, 2.75) is 44.6 Å². The van der Waals surface area contributed by atoms with E-state index in [1.165, 1.54) is 18.2 Å². The number of hydrogen-bond acceptors (Lipinski definition) is 6. The molecule has 8 nitrogen and oxygen atoms in total. The van der Waals surface area contributed by atoms with Crippen LogP contribution in [-0.2, 0) is 5.34 Å². The number of pyridine rings is 2. The van der Waals surface area contributed by atoms with Gasteiger partial charge in [-0.1, -0.05) is 31.5 Å². The third-order valence-corrected chi connectivity index (χ3v) is 8.22. The largest absolute Gasteiger partial charge is 0.507 e. The Morgan fingerprint density at radius 1 is 1.15 bits per heavy atom. The molecule has 2 N–H and O–H groups in total. The second-order valence-electron chi connectivity index (χ2n) is 11.2. The number of phenolic OH excluding ortho intramolecular Hbond substituents is 1. The number of aromatic hydroxyl groups is 1. The van der Waals surface area contributed by atoms with E-state index in [1.54, 1.807) is 41.8 Å². The van der Waals surface area contributed by atoms with Crippen LogP contribution in [0, 0.1) is 19.7 Å². The summed E-state index contributed by atoms with van der Waals surface area (Å²) in [5.74, 6) is -1.28. The molecule has 0 saturated carbocycles. The number of nitrogens with one attached hydrogen (secondary N) is 1. The van der Waals surface area contributed by atoms with Crippen LogP contribution < -0.4 is 16.4 Å². The molecular weight excluding hydrogens is 537 g/mol. The number of halogens is 3. The van der Waals surface area contributed by atoms with Gasteiger partial charge in [0.1, 0.15) is 32.9 Å². The monoisotopic (exact) mass is 565 g/mol. The Labute approximate surface area is 235 Å². The van der Waals surface area contributed by atoms with Gasteiger partial charge in [0.25, 0.3) is 0 Å². The lowest BCUT2D eigenvalue weighted by Crippen LogP contribution is -2.72. The number of aromatic nitrogens is 4. The molecule has 13 heteroatoms. The topological polar surface area (TPSA) is 102 Å². The van der Waals surface area contributed by atoms with Crippen LogP contribution in [0.25, 0.3) is 28.1 Å². The molecule has 1 aromatic carbocycles. The van der Waals surface area contributed by atoms with E-state index in [4.69, 9.17) is 11.6 Å². The molecule has 0 radical (unpaired) electrons. The summed E-state index contributed by atoms with van der Waals surface area (Å²) in [4.78, 5) is 37.0. The van der Waals surface area contributed by atoms with E-state index in [1.807, 2.05) is 13.8 Å². The molecule has 0 spiro atoms. The van der Waals surface area contributed by atoms with Crippen molar-refractivity contribution in [2.75, 3.05) is 13.1 Å². The molecular formula is C27H28B2ClF2N5O3. The van der Waals surface area contributed by atoms with E-state index in [0.717, 1.165) is 9.13 Å². The first-order valence-electron chi connectivity index (χ1n) is 12.9. The first kappa shape index (κ1) is 28.0. The lowest BCUT2D eigenvalue weighted by atomic mass is 9.51. The summed E-state index contributed by atoms with van der Waals surface area (Å²) in [5, 5.41) is 12.1. The van der Waals surface area contributed by atoms with Crippen LogP contribution in [0.1, 0.15) is 36.6 Å². The van der Waals surface area contributed by atoms with Gasteiger partial charge in [-0.2, -0.15) is 0 Å². The minimum atomic E-state index is -1.85. The predicted octanol–water partition coefficient (Wildman–Crippen LogP) is 2.04. The maximum Gasteiger partial charge on any atom is 0.322 e. The minimum absolute atomic E-state index is 0.0160. The van der Waals surface area contributed by atoms with Crippen molar-refractivity contribution in [3.63, 3.8) is 0 Å². The van der Waals surface area contributed by atoms with Crippen molar-refractivity contribution >= 4 is 38.5 Å². The summed E-state index contributed by atoms with van der Waals surface area (Å²) >= 11 is 6.66. The Morgan fingerprint density at radius 3 is 2.42 bits per heavy atom. The van der Waals surface area contributed by atoms with Crippen LogP contribution in [-0.4, -0.2) is 58.7 Å². The van der Waals surface area contributed by atoms with Crippen LogP contribution in [0.15, 0.2) is 40.1 Å².